The monoisotopic (exact) mass is 307 g/mol. The van der Waals surface area contributed by atoms with E-state index in [1.165, 1.54) is 19.0 Å². The number of benzene rings is 1. The van der Waals surface area contributed by atoms with Crippen molar-refractivity contribution < 1.29 is 8.42 Å². The van der Waals surface area contributed by atoms with E-state index in [0.29, 0.717) is 21.9 Å². The molecule has 114 valence electrons. The fourth-order valence-corrected chi connectivity index (χ4v) is 4.69. The molecule has 4 N–H and O–H groups in total. The maximum atomic E-state index is 12.6. The van der Waals surface area contributed by atoms with Gasteiger partial charge in [-0.15, -0.1) is 0 Å². The number of aromatic nitrogens is 1. The lowest BCUT2D eigenvalue weighted by Gasteiger charge is -2.20. The summed E-state index contributed by atoms with van der Waals surface area (Å²) in [6.45, 7) is 1.96. The largest absolute Gasteiger partial charge is 0.399 e. The lowest BCUT2D eigenvalue weighted by atomic mass is 10.0. The van der Waals surface area contributed by atoms with Crippen molar-refractivity contribution in [2.75, 3.05) is 5.73 Å². The fourth-order valence-electron chi connectivity index (χ4n) is 3.20. The van der Waals surface area contributed by atoms with Gasteiger partial charge >= 0.3 is 0 Å². The molecule has 5 nitrogen and oxygen atoms in total. The summed E-state index contributed by atoms with van der Waals surface area (Å²) in [5.41, 5.74) is 7.07. The first kappa shape index (κ1) is 14.4. The van der Waals surface area contributed by atoms with Crippen LogP contribution in [0.25, 0.3) is 10.9 Å². The molecule has 0 radical (unpaired) electrons. The maximum Gasteiger partial charge on any atom is 0.242 e. The SMILES string of the molecule is CC(NS(=O)(=O)c1c[nH]c2cc(N)ccc12)C1CCCC1. The van der Waals surface area contributed by atoms with Crippen LogP contribution in [0.4, 0.5) is 5.69 Å². The summed E-state index contributed by atoms with van der Waals surface area (Å²) in [6, 6.07) is 5.18. The lowest BCUT2D eigenvalue weighted by Crippen LogP contribution is -2.37. The third kappa shape index (κ3) is 2.78. The minimum absolute atomic E-state index is 0.0313. The highest BCUT2D eigenvalue weighted by molar-refractivity contribution is 7.89. The molecule has 0 aliphatic heterocycles. The first-order valence-corrected chi connectivity index (χ1v) is 8.84. The fraction of sp³-hybridized carbons (Fsp3) is 0.467. The van der Waals surface area contributed by atoms with E-state index in [4.69, 9.17) is 5.73 Å². The van der Waals surface area contributed by atoms with Crippen LogP contribution in [0.5, 0.6) is 0 Å². The summed E-state index contributed by atoms with van der Waals surface area (Å²) in [6.07, 6.45) is 6.14. The molecule has 0 saturated heterocycles. The second-order valence-corrected chi connectivity index (χ2v) is 7.59. The van der Waals surface area contributed by atoms with E-state index in [9.17, 15) is 8.42 Å². The molecule has 1 aliphatic carbocycles. The Morgan fingerprint density at radius 1 is 1.33 bits per heavy atom. The molecule has 1 unspecified atom stereocenters. The molecule has 0 bridgehead atoms. The van der Waals surface area contributed by atoms with Crippen molar-refractivity contribution in [3.8, 4) is 0 Å². The highest BCUT2D eigenvalue weighted by atomic mass is 32.2. The Kier molecular flexibility index (Phi) is 3.67. The van der Waals surface area contributed by atoms with Crippen LogP contribution in [-0.2, 0) is 10.0 Å². The third-order valence-electron chi connectivity index (χ3n) is 4.41. The van der Waals surface area contributed by atoms with Gasteiger partial charge in [0.05, 0.1) is 0 Å². The van der Waals surface area contributed by atoms with E-state index in [1.807, 2.05) is 6.92 Å². The van der Waals surface area contributed by atoms with Crippen LogP contribution in [0.3, 0.4) is 0 Å². The maximum absolute atomic E-state index is 12.6. The van der Waals surface area contributed by atoms with Crippen molar-refractivity contribution in [2.45, 2.75) is 43.5 Å². The summed E-state index contributed by atoms with van der Waals surface area (Å²) < 4.78 is 28.0. The third-order valence-corrected chi connectivity index (χ3v) is 6.00. The highest BCUT2D eigenvalue weighted by Crippen LogP contribution is 2.29. The number of hydrogen-bond acceptors (Lipinski definition) is 3. The molecule has 1 heterocycles. The first-order chi connectivity index (χ1) is 9.97. The number of nitrogen functional groups attached to an aromatic ring is 1. The molecule has 1 aliphatic rings. The van der Waals surface area contributed by atoms with Gasteiger partial charge in [0.1, 0.15) is 4.90 Å². The minimum Gasteiger partial charge on any atom is -0.399 e. The van der Waals surface area contributed by atoms with Gasteiger partial charge in [-0.1, -0.05) is 12.8 Å². The topological polar surface area (TPSA) is 88.0 Å². The number of sulfonamides is 1. The van der Waals surface area contributed by atoms with Crippen LogP contribution in [0.15, 0.2) is 29.3 Å². The molecule has 0 amide bonds. The van der Waals surface area contributed by atoms with Crippen molar-refractivity contribution in [1.82, 2.24) is 9.71 Å². The molecule has 6 heteroatoms. The van der Waals surface area contributed by atoms with Crippen LogP contribution < -0.4 is 10.5 Å². The van der Waals surface area contributed by atoms with Gasteiger partial charge in [0.2, 0.25) is 10.0 Å². The van der Waals surface area contributed by atoms with E-state index in [2.05, 4.69) is 9.71 Å². The van der Waals surface area contributed by atoms with Gasteiger partial charge in [0.25, 0.3) is 0 Å². The number of nitrogens with two attached hydrogens (primary N) is 1. The van der Waals surface area contributed by atoms with Crippen LogP contribution in [-0.4, -0.2) is 19.4 Å². The number of hydrogen-bond donors (Lipinski definition) is 3. The van der Waals surface area contributed by atoms with E-state index < -0.39 is 10.0 Å². The average molecular weight is 307 g/mol. The zero-order valence-corrected chi connectivity index (χ0v) is 12.9. The Hall–Kier alpha value is -1.53. The molecule has 1 aromatic heterocycles. The van der Waals surface area contributed by atoms with E-state index in [1.54, 1.807) is 18.2 Å². The lowest BCUT2D eigenvalue weighted by molar-refractivity contribution is 0.424. The van der Waals surface area contributed by atoms with E-state index >= 15 is 0 Å². The summed E-state index contributed by atoms with van der Waals surface area (Å²) in [4.78, 5) is 3.27. The molecule has 1 atom stereocenters. The first-order valence-electron chi connectivity index (χ1n) is 7.36. The Balaban J connectivity index is 1.89. The van der Waals surface area contributed by atoms with Crippen LogP contribution in [0, 0.1) is 5.92 Å². The molecule has 1 aromatic carbocycles. The molecule has 2 aromatic rings. The average Bonchev–Trinajstić information content (AvgIpc) is 3.07. The minimum atomic E-state index is -3.52. The Labute approximate surface area is 125 Å². The zero-order valence-electron chi connectivity index (χ0n) is 12.1. The quantitative estimate of drug-likeness (QED) is 0.759. The number of fused-ring (bicyclic) bond motifs is 1. The Bertz CT molecular complexity index is 745. The van der Waals surface area contributed by atoms with Gasteiger partial charge in [-0.05, 0) is 43.9 Å². The van der Waals surface area contributed by atoms with E-state index in [-0.39, 0.29) is 6.04 Å². The predicted molar refractivity (Wildman–Crippen MR) is 84.5 cm³/mol. The predicted octanol–water partition coefficient (Wildman–Crippen LogP) is 2.61. The van der Waals surface area contributed by atoms with Gasteiger partial charge in [0, 0.05) is 28.8 Å². The molecular formula is C15H21N3O2S. The van der Waals surface area contributed by atoms with Gasteiger partial charge < -0.3 is 10.7 Å². The molecule has 21 heavy (non-hydrogen) atoms. The number of H-pyrrole nitrogens is 1. The standard InChI is InChI=1S/C15H21N3O2S/c1-10(11-4-2-3-5-11)18-21(19,20)15-9-17-14-8-12(16)6-7-13(14)15/h6-11,17-18H,2-5,16H2,1H3. The Morgan fingerprint density at radius 2 is 2.05 bits per heavy atom. The summed E-state index contributed by atoms with van der Waals surface area (Å²) >= 11 is 0. The normalized spacial score (nSPS) is 18.3. The van der Waals surface area contributed by atoms with Crippen LogP contribution in [0.2, 0.25) is 0 Å². The highest BCUT2D eigenvalue weighted by Gasteiger charge is 2.27. The molecule has 3 rings (SSSR count). The Morgan fingerprint density at radius 3 is 2.76 bits per heavy atom. The number of anilines is 1. The van der Waals surface area contributed by atoms with Gasteiger partial charge in [-0.25, -0.2) is 13.1 Å². The molecule has 1 fully saturated rings. The number of nitrogens with one attached hydrogen (secondary N) is 2. The molecule has 1 saturated carbocycles. The van der Waals surface area contributed by atoms with Crippen LogP contribution >= 0.6 is 0 Å². The van der Waals surface area contributed by atoms with Gasteiger partial charge in [-0.2, -0.15) is 0 Å². The van der Waals surface area contributed by atoms with Crippen LogP contribution in [0.1, 0.15) is 32.6 Å². The summed E-state index contributed by atoms with van der Waals surface area (Å²) in [5, 5.41) is 0.676. The second-order valence-electron chi connectivity index (χ2n) is 5.91. The van der Waals surface area contributed by atoms with Crippen molar-refractivity contribution in [3.05, 3.63) is 24.4 Å². The number of rotatable bonds is 4. The summed E-state index contributed by atoms with van der Waals surface area (Å²) in [7, 11) is -3.52. The van der Waals surface area contributed by atoms with Crippen molar-refractivity contribution >= 4 is 26.6 Å². The summed E-state index contributed by atoms with van der Waals surface area (Å²) in [5.74, 6) is 0.445. The van der Waals surface area contributed by atoms with Gasteiger partial charge in [0.15, 0.2) is 0 Å². The van der Waals surface area contributed by atoms with E-state index in [0.717, 1.165) is 18.4 Å². The number of aromatic amines is 1. The smallest absolute Gasteiger partial charge is 0.242 e. The van der Waals surface area contributed by atoms with Crippen molar-refractivity contribution in [3.63, 3.8) is 0 Å². The second kappa shape index (κ2) is 5.35. The van der Waals surface area contributed by atoms with Crippen molar-refractivity contribution in [1.29, 1.82) is 0 Å². The zero-order chi connectivity index (χ0) is 15.0. The van der Waals surface area contributed by atoms with Crippen molar-refractivity contribution in [2.24, 2.45) is 5.92 Å². The molecule has 0 spiro atoms. The molecular weight excluding hydrogens is 286 g/mol. The van der Waals surface area contributed by atoms with Gasteiger partial charge in [-0.3, -0.25) is 0 Å².